The van der Waals surface area contributed by atoms with Gasteiger partial charge >= 0.3 is 0 Å². The normalized spacial score (nSPS) is 10.8. The van der Waals surface area contributed by atoms with Gasteiger partial charge in [0.05, 0.1) is 11.4 Å². The van der Waals surface area contributed by atoms with Crippen LogP contribution in [0.5, 0.6) is 0 Å². The fourth-order valence-corrected chi connectivity index (χ4v) is 2.71. The van der Waals surface area contributed by atoms with E-state index in [2.05, 4.69) is 15.6 Å². The number of thioether (sulfide) groups is 1. The van der Waals surface area contributed by atoms with Crippen LogP contribution in [-0.2, 0) is 4.79 Å². The summed E-state index contributed by atoms with van der Waals surface area (Å²) >= 11 is 1.18. The summed E-state index contributed by atoms with van der Waals surface area (Å²) in [7, 11) is 0. The lowest BCUT2D eigenvalue weighted by Crippen LogP contribution is -2.20. The number of amidine groups is 1. The van der Waals surface area contributed by atoms with E-state index in [9.17, 15) is 4.79 Å². The second-order valence-electron chi connectivity index (χ2n) is 5.09. The molecule has 0 aromatic heterocycles. The van der Waals surface area contributed by atoms with Crippen molar-refractivity contribution in [3.05, 3.63) is 59.7 Å². The summed E-state index contributed by atoms with van der Waals surface area (Å²) in [6.45, 7) is 3.91. The molecule has 2 N–H and O–H groups in total. The average molecular weight is 338 g/mol. The quantitative estimate of drug-likeness (QED) is 0.385. The van der Waals surface area contributed by atoms with Crippen LogP contribution in [0.1, 0.15) is 11.1 Å². The number of rotatable bonds is 4. The first kappa shape index (κ1) is 17.6. The summed E-state index contributed by atoms with van der Waals surface area (Å²) < 4.78 is 0. The van der Waals surface area contributed by atoms with E-state index in [1.807, 2.05) is 68.6 Å². The molecule has 0 radical (unpaired) electrons. The highest BCUT2D eigenvalue weighted by atomic mass is 32.2. The predicted octanol–water partition coefficient (Wildman–Crippen LogP) is 3.73. The highest BCUT2D eigenvalue weighted by Gasteiger charge is 2.09. The van der Waals surface area contributed by atoms with Crippen molar-refractivity contribution in [1.82, 2.24) is 5.32 Å². The Morgan fingerprint density at radius 3 is 2.42 bits per heavy atom. The van der Waals surface area contributed by atoms with Gasteiger partial charge in [-0.2, -0.15) is 5.26 Å². The van der Waals surface area contributed by atoms with Crippen molar-refractivity contribution in [2.75, 3.05) is 11.1 Å². The van der Waals surface area contributed by atoms with Gasteiger partial charge in [0.25, 0.3) is 0 Å². The zero-order valence-electron chi connectivity index (χ0n) is 13.5. The lowest BCUT2D eigenvalue weighted by Gasteiger charge is -2.11. The van der Waals surface area contributed by atoms with Crippen molar-refractivity contribution >= 4 is 34.2 Å². The molecule has 2 aromatic carbocycles. The molecule has 0 aliphatic heterocycles. The maximum absolute atomic E-state index is 12.2. The lowest BCUT2D eigenvalue weighted by molar-refractivity contribution is -0.113. The Morgan fingerprint density at radius 2 is 1.79 bits per heavy atom. The van der Waals surface area contributed by atoms with Crippen LogP contribution in [0.4, 0.5) is 11.4 Å². The number of benzene rings is 2. The summed E-state index contributed by atoms with van der Waals surface area (Å²) in [5, 5.41) is 14.6. The molecule has 0 aliphatic rings. The van der Waals surface area contributed by atoms with Crippen LogP contribution in [-0.4, -0.2) is 16.8 Å². The van der Waals surface area contributed by atoms with Crippen LogP contribution in [0.3, 0.4) is 0 Å². The number of nitrogens with zero attached hydrogens (tertiary/aromatic N) is 2. The van der Waals surface area contributed by atoms with Gasteiger partial charge in [0.2, 0.25) is 5.91 Å². The standard InChI is InChI=1S/C18H18N4OS/c1-13-7-6-8-14(2)17(13)22-16(23)11-24-18(20-12-19)21-15-9-4-3-5-10-15/h3-10H,11H2,1-2H3,(H,20,21)(H,22,23). The highest BCUT2D eigenvalue weighted by molar-refractivity contribution is 8.14. The number of hydrogen-bond acceptors (Lipinski definition) is 4. The predicted molar refractivity (Wildman–Crippen MR) is 99.3 cm³/mol. The molecule has 6 heteroatoms. The molecule has 1 amide bonds. The number of aryl methyl sites for hydroxylation is 2. The van der Waals surface area contributed by atoms with E-state index in [1.165, 1.54) is 11.8 Å². The fraction of sp³-hybridized carbons (Fsp3) is 0.167. The molecule has 0 unspecified atom stereocenters. The van der Waals surface area contributed by atoms with Gasteiger partial charge < -0.3 is 5.32 Å². The third-order valence-corrected chi connectivity index (χ3v) is 4.11. The van der Waals surface area contributed by atoms with Gasteiger partial charge in [-0.05, 0) is 37.1 Å². The van der Waals surface area contributed by atoms with Crippen LogP contribution < -0.4 is 10.6 Å². The molecular weight excluding hydrogens is 320 g/mol. The van der Waals surface area contributed by atoms with E-state index in [0.29, 0.717) is 5.17 Å². The number of para-hydroxylation sites is 2. The molecule has 122 valence electrons. The Labute approximate surface area is 145 Å². The maximum Gasteiger partial charge on any atom is 0.234 e. The first-order valence-electron chi connectivity index (χ1n) is 7.38. The van der Waals surface area contributed by atoms with Gasteiger partial charge in [-0.1, -0.05) is 48.2 Å². The number of nitriles is 1. The summed E-state index contributed by atoms with van der Waals surface area (Å²) in [6.07, 6.45) is 1.85. The molecule has 0 aliphatic carbocycles. The van der Waals surface area contributed by atoms with E-state index in [4.69, 9.17) is 5.26 Å². The Morgan fingerprint density at radius 1 is 1.12 bits per heavy atom. The van der Waals surface area contributed by atoms with Crippen LogP contribution >= 0.6 is 11.8 Å². The molecular formula is C18H18N4OS. The number of aliphatic imine (C=N–C) groups is 1. The zero-order valence-corrected chi connectivity index (χ0v) is 14.4. The number of amides is 1. The first-order valence-corrected chi connectivity index (χ1v) is 8.36. The van der Waals surface area contributed by atoms with E-state index >= 15 is 0 Å². The molecule has 24 heavy (non-hydrogen) atoms. The van der Waals surface area contributed by atoms with Crippen molar-refractivity contribution in [1.29, 1.82) is 5.26 Å². The van der Waals surface area contributed by atoms with Gasteiger partial charge in [-0.15, -0.1) is 0 Å². The van der Waals surface area contributed by atoms with Gasteiger partial charge in [0, 0.05) is 5.69 Å². The molecule has 0 saturated heterocycles. The SMILES string of the molecule is Cc1cccc(C)c1NC(=O)CSC(=Nc1ccccc1)NC#N. The van der Waals surface area contributed by atoms with E-state index in [1.54, 1.807) is 0 Å². The molecule has 0 heterocycles. The molecule has 0 saturated carbocycles. The number of carbonyl (C=O) groups is 1. The smallest absolute Gasteiger partial charge is 0.234 e. The van der Waals surface area contributed by atoms with Crippen molar-refractivity contribution < 1.29 is 4.79 Å². The summed E-state index contributed by atoms with van der Waals surface area (Å²) in [5.74, 6) is 0.0200. The summed E-state index contributed by atoms with van der Waals surface area (Å²) in [6, 6.07) is 15.1. The van der Waals surface area contributed by atoms with Crippen LogP contribution in [0.25, 0.3) is 0 Å². The van der Waals surface area contributed by atoms with Crippen molar-refractivity contribution in [2.24, 2.45) is 4.99 Å². The fourth-order valence-electron chi connectivity index (χ4n) is 2.08. The summed E-state index contributed by atoms with van der Waals surface area (Å²) in [5.41, 5.74) is 3.58. The van der Waals surface area contributed by atoms with Crippen molar-refractivity contribution in [3.8, 4) is 6.19 Å². The summed E-state index contributed by atoms with van der Waals surface area (Å²) in [4.78, 5) is 16.5. The lowest BCUT2D eigenvalue weighted by atomic mass is 10.1. The van der Waals surface area contributed by atoms with Crippen LogP contribution in [0, 0.1) is 25.3 Å². The van der Waals surface area contributed by atoms with Crippen LogP contribution in [0.2, 0.25) is 0 Å². The number of hydrogen-bond donors (Lipinski definition) is 2. The molecule has 2 rings (SSSR count). The third-order valence-electron chi connectivity index (χ3n) is 3.24. The van der Waals surface area contributed by atoms with E-state index in [-0.39, 0.29) is 11.7 Å². The minimum atomic E-state index is -0.141. The Bertz CT molecular complexity index is 761. The molecule has 5 nitrogen and oxygen atoms in total. The Balaban J connectivity index is 2.01. The van der Waals surface area contributed by atoms with Gasteiger partial charge in [0.15, 0.2) is 11.4 Å². The van der Waals surface area contributed by atoms with Crippen molar-refractivity contribution in [2.45, 2.75) is 13.8 Å². The number of carbonyl (C=O) groups excluding carboxylic acids is 1. The van der Waals surface area contributed by atoms with Gasteiger partial charge in [-0.25, -0.2) is 4.99 Å². The van der Waals surface area contributed by atoms with Crippen LogP contribution in [0.15, 0.2) is 53.5 Å². The zero-order chi connectivity index (χ0) is 17.4. The first-order chi connectivity index (χ1) is 11.6. The van der Waals surface area contributed by atoms with E-state index < -0.39 is 0 Å². The molecule has 0 fully saturated rings. The van der Waals surface area contributed by atoms with Gasteiger partial charge in [-0.3, -0.25) is 10.1 Å². The Kier molecular flexibility index (Phi) is 6.41. The minimum absolute atomic E-state index is 0.141. The monoisotopic (exact) mass is 338 g/mol. The third kappa shape index (κ3) is 5.14. The number of nitrogens with one attached hydrogen (secondary N) is 2. The second-order valence-corrected chi connectivity index (χ2v) is 6.06. The average Bonchev–Trinajstić information content (AvgIpc) is 2.57. The second kappa shape index (κ2) is 8.75. The van der Waals surface area contributed by atoms with Gasteiger partial charge in [0.1, 0.15) is 0 Å². The Hall–Kier alpha value is -2.78. The molecule has 2 aromatic rings. The minimum Gasteiger partial charge on any atom is -0.325 e. The van der Waals surface area contributed by atoms with Crippen molar-refractivity contribution in [3.63, 3.8) is 0 Å². The largest absolute Gasteiger partial charge is 0.325 e. The molecule has 0 bridgehead atoms. The molecule has 0 spiro atoms. The topological polar surface area (TPSA) is 77.3 Å². The number of anilines is 1. The molecule has 0 atom stereocenters. The highest BCUT2D eigenvalue weighted by Crippen LogP contribution is 2.20. The maximum atomic E-state index is 12.2. The van der Waals surface area contributed by atoms with E-state index in [0.717, 1.165) is 22.5 Å².